The summed E-state index contributed by atoms with van der Waals surface area (Å²) < 4.78 is 26.2. The second-order valence-corrected chi connectivity index (χ2v) is 4.53. The molecule has 1 saturated carbocycles. The Labute approximate surface area is 102 Å². The summed E-state index contributed by atoms with van der Waals surface area (Å²) in [4.78, 5) is 16.9. The highest BCUT2D eigenvalue weighted by atomic mass is 19.2. The second kappa shape index (κ2) is 3.76. The van der Waals surface area contributed by atoms with Gasteiger partial charge in [0.25, 0.3) is 0 Å². The Morgan fingerprint density at radius 3 is 2.61 bits per heavy atom. The first-order valence-electron chi connectivity index (χ1n) is 5.69. The summed E-state index contributed by atoms with van der Waals surface area (Å²) in [6.07, 6.45) is 1.80. The van der Waals surface area contributed by atoms with Crippen LogP contribution in [0.3, 0.4) is 0 Å². The minimum atomic E-state index is -0.949. The Bertz CT molecular complexity index is 554. The molecule has 18 heavy (non-hydrogen) atoms. The van der Waals surface area contributed by atoms with E-state index in [-0.39, 0.29) is 11.9 Å². The van der Waals surface area contributed by atoms with E-state index >= 15 is 0 Å². The zero-order valence-corrected chi connectivity index (χ0v) is 9.44. The highest BCUT2D eigenvalue weighted by Crippen LogP contribution is 2.38. The average molecular weight is 251 g/mol. The molecular weight excluding hydrogens is 240 g/mol. The molecule has 0 saturated heterocycles. The fourth-order valence-corrected chi connectivity index (χ4v) is 2.22. The Kier molecular flexibility index (Phi) is 2.33. The van der Waals surface area contributed by atoms with Crippen LogP contribution in [0.4, 0.5) is 13.6 Å². The predicted molar refractivity (Wildman–Crippen MR) is 61.0 cm³/mol. The van der Waals surface area contributed by atoms with Gasteiger partial charge in [-0.05, 0) is 30.5 Å². The summed E-state index contributed by atoms with van der Waals surface area (Å²) in [5, 5.41) is 0. The Morgan fingerprint density at radius 2 is 2.00 bits per heavy atom. The van der Waals surface area contributed by atoms with E-state index in [0.29, 0.717) is 5.56 Å². The number of amidine groups is 1. The lowest BCUT2D eigenvalue weighted by atomic mass is 10.0. The summed E-state index contributed by atoms with van der Waals surface area (Å²) in [6, 6.07) is 2.67. The zero-order chi connectivity index (χ0) is 12.9. The Balaban J connectivity index is 2.00. The maximum atomic E-state index is 13.2. The number of benzene rings is 1. The molecule has 1 heterocycles. The maximum absolute atomic E-state index is 13.2. The minimum Gasteiger partial charge on any atom is -0.385 e. The largest absolute Gasteiger partial charge is 0.385 e. The van der Waals surface area contributed by atoms with Gasteiger partial charge in [0, 0.05) is 6.04 Å². The molecule has 1 aliphatic heterocycles. The minimum absolute atomic E-state index is 0.111. The predicted octanol–water partition coefficient (Wildman–Crippen LogP) is 1.96. The molecule has 2 aliphatic rings. The van der Waals surface area contributed by atoms with Gasteiger partial charge in [-0.1, -0.05) is 6.07 Å². The Morgan fingerprint density at radius 1 is 1.28 bits per heavy atom. The van der Waals surface area contributed by atoms with Gasteiger partial charge in [-0.2, -0.15) is 4.99 Å². The van der Waals surface area contributed by atoms with Crippen molar-refractivity contribution < 1.29 is 13.6 Å². The molecule has 0 bridgehead atoms. The third-order valence-corrected chi connectivity index (χ3v) is 3.20. The van der Waals surface area contributed by atoms with Crippen LogP contribution in [-0.4, -0.2) is 22.8 Å². The van der Waals surface area contributed by atoms with Crippen molar-refractivity contribution in [3.63, 3.8) is 0 Å². The zero-order valence-electron chi connectivity index (χ0n) is 9.44. The van der Waals surface area contributed by atoms with Crippen LogP contribution in [0, 0.1) is 11.6 Å². The quantitative estimate of drug-likeness (QED) is 0.873. The molecule has 1 atom stereocenters. The fraction of sp³-hybridized carbons (Fsp3) is 0.333. The second-order valence-electron chi connectivity index (χ2n) is 4.53. The molecule has 4 nitrogen and oxygen atoms in total. The molecule has 0 radical (unpaired) electrons. The smallest absolute Gasteiger partial charge is 0.346 e. The highest BCUT2D eigenvalue weighted by Gasteiger charge is 2.43. The van der Waals surface area contributed by atoms with Gasteiger partial charge >= 0.3 is 6.03 Å². The summed E-state index contributed by atoms with van der Waals surface area (Å²) in [7, 11) is 0. The van der Waals surface area contributed by atoms with E-state index in [2.05, 4.69) is 4.99 Å². The molecule has 6 heteroatoms. The molecule has 1 fully saturated rings. The average Bonchev–Trinajstić information content (AvgIpc) is 3.09. The number of hydrogen-bond acceptors (Lipinski definition) is 2. The molecule has 0 aromatic heterocycles. The number of rotatable bonds is 2. The van der Waals surface area contributed by atoms with E-state index in [4.69, 9.17) is 5.73 Å². The first-order chi connectivity index (χ1) is 8.58. The first kappa shape index (κ1) is 11.1. The van der Waals surface area contributed by atoms with Crippen LogP contribution in [0.1, 0.15) is 24.4 Å². The van der Waals surface area contributed by atoms with Crippen molar-refractivity contribution in [1.82, 2.24) is 4.90 Å². The number of nitrogens with zero attached hydrogens (tertiary/aromatic N) is 2. The van der Waals surface area contributed by atoms with Gasteiger partial charge in [0.15, 0.2) is 11.6 Å². The van der Waals surface area contributed by atoms with Crippen molar-refractivity contribution in [3.8, 4) is 0 Å². The number of carbonyl (C=O) groups excluding carboxylic acids is 1. The number of hydrogen-bond donors (Lipinski definition) is 1. The highest BCUT2D eigenvalue weighted by molar-refractivity contribution is 6.03. The molecule has 1 aromatic rings. The van der Waals surface area contributed by atoms with E-state index in [9.17, 15) is 13.6 Å². The number of urea groups is 1. The van der Waals surface area contributed by atoms with Gasteiger partial charge in [0.1, 0.15) is 11.9 Å². The number of carbonyl (C=O) groups is 1. The lowest BCUT2D eigenvalue weighted by Crippen LogP contribution is -2.35. The van der Waals surface area contributed by atoms with E-state index in [1.54, 1.807) is 4.90 Å². The monoisotopic (exact) mass is 251 g/mol. The van der Waals surface area contributed by atoms with E-state index in [1.807, 2.05) is 0 Å². The number of halogens is 2. The maximum Gasteiger partial charge on any atom is 0.346 e. The summed E-state index contributed by atoms with van der Waals surface area (Å²) >= 11 is 0. The molecule has 94 valence electrons. The number of amides is 2. The van der Waals surface area contributed by atoms with Gasteiger partial charge in [0.2, 0.25) is 0 Å². The van der Waals surface area contributed by atoms with Gasteiger partial charge in [-0.25, -0.2) is 13.6 Å². The molecular formula is C12H11F2N3O. The number of aliphatic imine (C=N–C) groups is 1. The third-order valence-electron chi connectivity index (χ3n) is 3.20. The van der Waals surface area contributed by atoms with Crippen molar-refractivity contribution in [2.24, 2.45) is 10.7 Å². The Hall–Kier alpha value is -1.98. The van der Waals surface area contributed by atoms with Gasteiger partial charge in [-0.15, -0.1) is 0 Å². The van der Waals surface area contributed by atoms with Crippen LogP contribution < -0.4 is 5.73 Å². The molecule has 2 N–H and O–H groups in total. The first-order valence-corrected chi connectivity index (χ1v) is 5.69. The standard InChI is InChI=1S/C12H11F2N3O/c13-8-4-1-6(5-9(8)14)10-11(15)16-12(18)17(10)7-2-3-7/h1,4-5,7,10H,2-3H2,(H2,15,16,18). The fourth-order valence-electron chi connectivity index (χ4n) is 2.22. The van der Waals surface area contributed by atoms with Gasteiger partial charge in [-0.3, -0.25) is 0 Å². The topological polar surface area (TPSA) is 58.7 Å². The SMILES string of the molecule is NC1=NC(=O)N(C2CC2)C1c1ccc(F)c(F)c1. The third kappa shape index (κ3) is 1.64. The molecule has 2 amide bonds. The lowest BCUT2D eigenvalue weighted by Gasteiger charge is -2.24. The lowest BCUT2D eigenvalue weighted by molar-refractivity contribution is 0.203. The summed E-state index contributed by atoms with van der Waals surface area (Å²) in [5.74, 6) is -1.73. The number of nitrogens with two attached hydrogens (primary N) is 1. The van der Waals surface area contributed by atoms with Crippen molar-refractivity contribution >= 4 is 11.9 Å². The van der Waals surface area contributed by atoms with Crippen LogP contribution in [0.15, 0.2) is 23.2 Å². The van der Waals surface area contributed by atoms with Crippen LogP contribution in [0.25, 0.3) is 0 Å². The van der Waals surface area contributed by atoms with E-state index in [0.717, 1.165) is 25.0 Å². The van der Waals surface area contributed by atoms with Crippen LogP contribution in [-0.2, 0) is 0 Å². The van der Waals surface area contributed by atoms with Crippen LogP contribution >= 0.6 is 0 Å². The van der Waals surface area contributed by atoms with Crippen LogP contribution in [0.5, 0.6) is 0 Å². The van der Waals surface area contributed by atoms with E-state index in [1.165, 1.54) is 6.07 Å². The van der Waals surface area contributed by atoms with Crippen molar-refractivity contribution in [3.05, 3.63) is 35.4 Å². The summed E-state index contributed by atoms with van der Waals surface area (Å²) in [5.41, 5.74) is 6.17. The molecule has 3 rings (SSSR count). The molecule has 1 aromatic carbocycles. The molecule has 1 unspecified atom stereocenters. The van der Waals surface area contributed by atoms with Crippen molar-refractivity contribution in [2.45, 2.75) is 24.9 Å². The van der Waals surface area contributed by atoms with Crippen molar-refractivity contribution in [2.75, 3.05) is 0 Å². The molecule has 0 spiro atoms. The van der Waals surface area contributed by atoms with Crippen molar-refractivity contribution in [1.29, 1.82) is 0 Å². The normalized spacial score (nSPS) is 23.4. The molecule has 1 aliphatic carbocycles. The van der Waals surface area contributed by atoms with E-state index < -0.39 is 23.7 Å². The van der Waals surface area contributed by atoms with Crippen LogP contribution in [0.2, 0.25) is 0 Å². The van der Waals surface area contributed by atoms with Gasteiger partial charge in [0.05, 0.1) is 0 Å². The van der Waals surface area contributed by atoms with Gasteiger partial charge < -0.3 is 10.6 Å². The summed E-state index contributed by atoms with van der Waals surface area (Å²) in [6.45, 7) is 0.